The summed E-state index contributed by atoms with van der Waals surface area (Å²) in [6, 6.07) is 20.8. The number of Topliss-reactive ketones (excluding diaryl/α,β-unsaturated/α-hetero) is 5. The highest BCUT2D eigenvalue weighted by atomic mass is 35.5. The van der Waals surface area contributed by atoms with E-state index >= 15 is 0 Å². The topological polar surface area (TPSA) is 201 Å². The van der Waals surface area contributed by atoms with E-state index < -0.39 is 64.8 Å². The minimum absolute atomic E-state index is 0.0108. The minimum Gasteiger partial charge on any atom is -0.507 e. The molecule has 1 aliphatic rings. The summed E-state index contributed by atoms with van der Waals surface area (Å²) in [7, 11) is 1.46. The Morgan fingerprint density at radius 3 is 2.08 bits per heavy atom. The molecule has 0 aromatic heterocycles. The first-order chi connectivity index (χ1) is 29.5. The van der Waals surface area contributed by atoms with Crippen molar-refractivity contribution in [2.24, 2.45) is 23.5 Å². The molecule has 0 radical (unpaired) electrons. The zero-order valence-corrected chi connectivity index (χ0v) is 36.2. The molecule has 326 valence electrons. The number of phenols is 2. The van der Waals surface area contributed by atoms with E-state index in [9.17, 15) is 43.8 Å². The van der Waals surface area contributed by atoms with Crippen molar-refractivity contribution < 1.29 is 43.8 Å². The number of carbonyl (C=O) groups excluding carboxylic acids is 7. The maximum atomic E-state index is 14.6. The SMILES string of the molecule is CCC(=O)C(=O)[C@H](C)CC(=O)[C@@H]1Cc2ccc(O)c(c2)-c2cc(ccc2O)[C@H](N(C)C(=O)[C@H](CCCCN)CC(=O)c2ccc(-c3ccc(Cl)cc3)cc2)C(=O)C[C@@H](C)C(=O)N1. The molecule has 4 bridgehead atoms. The molecule has 0 fully saturated rings. The van der Waals surface area contributed by atoms with Crippen molar-refractivity contribution in [3.63, 3.8) is 0 Å². The largest absolute Gasteiger partial charge is 0.507 e. The Morgan fingerprint density at radius 1 is 0.839 bits per heavy atom. The van der Waals surface area contributed by atoms with Gasteiger partial charge in [0.05, 0.1) is 6.04 Å². The molecule has 0 spiro atoms. The average Bonchev–Trinajstić information content (AvgIpc) is 3.26. The molecule has 0 saturated carbocycles. The number of nitrogens with zero attached hydrogens (tertiary/aromatic N) is 1. The van der Waals surface area contributed by atoms with Gasteiger partial charge < -0.3 is 26.2 Å². The van der Waals surface area contributed by atoms with E-state index in [0.717, 1.165) is 11.1 Å². The minimum atomic E-state index is -1.29. The van der Waals surface area contributed by atoms with E-state index in [1.165, 1.54) is 50.1 Å². The first-order valence-electron chi connectivity index (χ1n) is 21.0. The Balaban J connectivity index is 1.49. The third-order valence-corrected chi connectivity index (χ3v) is 11.8. The van der Waals surface area contributed by atoms with Crippen LogP contribution in [0.4, 0.5) is 0 Å². The van der Waals surface area contributed by atoms with Crippen molar-refractivity contribution in [2.75, 3.05) is 13.6 Å². The summed E-state index contributed by atoms with van der Waals surface area (Å²) in [5.41, 5.74) is 9.11. The van der Waals surface area contributed by atoms with Gasteiger partial charge in [0.15, 0.2) is 23.1 Å². The molecule has 0 saturated heterocycles. The lowest BCUT2D eigenvalue weighted by atomic mass is 9.87. The van der Waals surface area contributed by atoms with Crippen molar-refractivity contribution in [2.45, 2.75) is 84.2 Å². The van der Waals surface area contributed by atoms with Gasteiger partial charge in [0, 0.05) is 72.2 Å². The molecule has 4 aromatic rings. The van der Waals surface area contributed by atoms with Crippen molar-refractivity contribution in [3.05, 3.63) is 107 Å². The number of unbranched alkanes of at least 4 members (excludes halogenated alkanes) is 1. The number of hydrogen-bond donors (Lipinski definition) is 4. The van der Waals surface area contributed by atoms with Crippen LogP contribution in [0.5, 0.6) is 11.5 Å². The summed E-state index contributed by atoms with van der Waals surface area (Å²) in [6.07, 6.45) is 0.547. The lowest BCUT2D eigenvalue weighted by Crippen LogP contribution is -2.46. The number of benzene rings is 4. The van der Waals surface area contributed by atoms with Crippen LogP contribution in [-0.4, -0.2) is 75.5 Å². The molecule has 62 heavy (non-hydrogen) atoms. The third kappa shape index (κ3) is 11.5. The van der Waals surface area contributed by atoms with Crippen LogP contribution in [0.3, 0.4) is 0 Å². The van der Waals surface area contributed by atoms with Crippen molar-refractivity contribution in [1.29, 1.82) is 0 Å². The Kier molecular flexibility index (Phi) is 16.1. The summed E-state index contributed by atoms with van der Waals surface area (Å²) < 4.78 is 0. The molecular weight excluding hydrogens is 810 g/mol. The highest BCUT2D eigenvalue weighted by Gasteiger charge is 2.36. The Hall–Kier alpha value is -5.98. The molecular formula is C49H54ClN3O9. The van der Waals surface area contributed by atoms with E-state index in [1.807, 2.05) is 24.3 Å². The van der Waals surface area contributed by atoms with Gasteiger partial charge in [-0.15, -0.1) is 0 Å². The highest BCUT2D eigenvalue weighted by Crippen LogP contribution is 2.40. The van der Waals surface area contributed by atoms with Crippen LogP contribution >= 0.6 is 11.6 Å². The smallest absolute Gasteiger partial charge is 0.226 e. The number of amides is 2. The number of fused-ring (bicyclic) bond motifs is 5. The predicted octanol–water partition coefficient (Wildman–Crippen LogP) is 7.38. The Bertz CT molecular complexity index is 2330. The lowest BCUT2D eigenvalue weighted by Gasteiger charge is -2.32. The van der Waals surface area contributed by atoms with E-state index in [4.69, 9.17) is 17.3 Å². The maximum Gasteiger partial charge on any atom is 0.226 e. The van der Waals surface area contributed by atoms with Gasteiger partial charge in [-0.3, -0.25) is 33.6 Å². The van der Waals surface area contributed by atoms with Crippen LogP contribution in [-0.2, 0) is 35.2 Å². The summed E-state index contributed by atoms with van der Waals surface area (Å²) >= 11 is 6.05. The Labute approximate surface area is 366 Å². The molecule has 13 heteroatoms. The molecule has 0 unspecified atom stereocenters. The van der Waals surface area contributed by atoms with Crippen LogP contribution in [0.2, 0.25) is 5.02 Å². The normalized spacial score (nSPS) is 17.5. The van der Waals surface area contributed by atoms with E-state index in [1.54, 1.807) is 43.3 Å². The van der Waals surface area contributed by atoms with E-state index in [2.05, 4.69) is 5.32 Å². The monoisotopic (exact) mass is 863 g/mol. The lowest BCUT2D eigenvalue weighted by molar-refractivity contribution is -0.142. The van der Waals surface area contributed by atoms with E-state index in [0.29, 0.717) is 47.5 Å². The van der Waals surface area contributed by atoms with Gasteiger partial charge in [0.25, 0.3) is 0 Å². The molecule has 5 N–H and O–H groups in total. The summed E-state index contributed by atoms with van der Waals surface area (Å²) in [5.74, 6) is -6.93. The van der Waals surface area contributed by atoms with Gasteiger partial charge in [-0.05, 0) is 84.5 Å². The van der Waals surface area contributed by atoms with Crippen molar-refractivity contribution in [3.8, 4) is 33.8 Å². The average molecular weight is 864 g/mol. The van der Waals surface area contributed by atoms with Crippen molar-refractivity contribution in [1.82, 2.24) is 10.2 Å². The summed E-state index contributed by atoms with van der Waals surface area (Å²) in [5, 5.41) is 25.6. The second-order valence-electron chi connectivity index (χ2n) is 16.2. The molecule has 0 aliphatic carbocycles. The number of nitrogens with two attached hydrogens (primary N) is 1. The number of carbonyl (C=O) groups is 7. The number of ketones is 5. The Morgan fingerprint density at radius 2 is 1.45 bits per heavy atom. The highest BCUT2D eigenvalue weighted by molar-refractivity contribution is 6.38. The second-order valence-corrected chi connectivity index (χ2v) is 16.7. The molecule has 5 atom stereocenters. The summed E-state index contributed by atoms with van der Waals surface area (Å²) in [6.45, 7) is 4.94. The number of hydrogen-bond acceptors (Lipinski definition) is 10. The molecule has 5 rings (SSSR count). The fraction of sp³-hybridized carbons (Fsp3) is 0.367. The fourth-order valence-corrected chi connectivity index (χ4v) is 8.00. The van der Waals surface area contributed by atoms with Crippen LogP contribution in [0.25, 0.3) is 22.3 Å². The van der Waals surface area contributed by atoms with Crippen LogP contribution in [0.1, 0.15) is 93.2 Å². The van der Waals surface area contributed by atoms with Crippen LogP contribution in [0.15, 0.2) is 84.9 Å². The number of nitrogens with one attached hydrogen (secondary N) is 1. The zero-order chi connectivity index (χ0) is 45.2. The zero-order valence-electron chi connectivity index (χ0n) is 35.5. The van der Waals surface area contributed by atoms with Gasteiger partial charge in [0.2, 0.25) is 17.6 Å². The number of aromatic hydroxyl groups is 2. The van der Waals surface area contributed by atoms with Crippen LogP contribution in [0, 0.1) is 17.8 Å². The van der Waals surface area contributed by atoms with Gasteiger partial charge >= 0.3 is 0 Å². The summed E-state index contributed by atoms with van der Waals surface area (Å²) in [4.78, 5) is 96.6. The van der Waals surface area contributed by atoms with Gasteiger partial charge in [-0.2, -0.15) is 0 Å². The molecule has 4 aromatic carbocycles. The number of phenolic OH excluding ortho intramolecular Hbond substituents is 2. The standard InChI is InChI=1S/C49H54ClN3O9/c1-5-40(54)47(60)28(2)22-44(58)39-25-30-9-19-41(55)37(24-30)38-26-34(16-20-42(38)56)46(45(59)23-29(3)48(61)52-39)53(4)49(62)35(8-6-7-21-51)27-43(57)33-12-10-31(11-13-33)32-14-17-36(50)18-15-32/h9-20,24,26,28-29,35,39,46,55-56H,5-8,21-23,25,27,51H2,1-4H3,(H,52,61)/t28-,29-,35-,39+,46+/m1/s1. The van der Waals surface area contributed by atoms with E-state index in [-0.39, 0.29) is 60.5 Å². The number of rotatable bonds is 16. The quantitative estimate of drug-likeness (QED) is 0.0500. The molecule has 12 nitrogen and oxygen atoms in total. The molecule has 2 amide bonds. The van der Waals surface area contributed by atoms with Gasteiger partial charge in [0.1, 0.15) is 17.5 Å². The van der Waals surface area contributed by atoms with Crippen molar-refractivity contribution >= 4 is 52.3 Å². The van der Waals surface area contributed by atoms with Gasteiger partial charge in [-0.25, -0.2) is 0 Å². The number of halogens is 1. The third-order valence-electron chi connectivity index (χ3n) is 11.6. The van der Waals surface area contributed by atoms with Gasteiger partial charge in [-0.1, -0.05) is 87.3 Å². The maximum absolute atomic E-state index is 14.6. The second kappa shape index (κ2) is 21.2. The predicted molar refractivity (Wildman–Crippen MR) is 236 cm³/mol. The number of likely N-dealkylation sites (N-methyl/N-ethyl adjacent to an activating group) is 1. The molecule has 1 heterocycles. The van der Waals surface area contributed by atoms with Crippen LogP contribution < -0.4 is 11.1 Å². The first-order valence-corrected chi connectivity index (χ1v) is 21.3. The first kappa shape index (κ1) is 47.1. The fourth-order valence-electron chi connectivity index (χ4n) is 7.87. The molecule has 1 aliphatic heterocycles.